The summed E-state index contributed by atoms with van der Waals surface area (Å²) in [7, 11) is 1.62. The van der Waals surface area contributed by atoms with Crippen LogP contribution < -0.4 is 15.8 Å². The lowest BCUT2D eigenvalue weighted by atomic mass is 10.2. The molecule has 6 heteroatoms. The first kappa shape index (κ1) is 14.5. The largest absolute Gasteiger partial charge is 0.497 e. The summed E-state index contributed by atoms with van der Waals surface area (Å²) in [4.78, 5) is 16.8. The average Bonchev–Trinajstić information content (AvgIpc) is 2.97. The molecule has 20 heavy (non-hydrogen) atoms. The third-order valence-electron chi connectivity index (χ3n) is 2.80. The van der Waals surface area contributed by atoms with Crippen LogP contribution in [0.4, 0.5) is 0 Å². The first-order valence-corrected chi connectivity index (χ1v) is 7.07. The normalized spacial score (nSPS) is 11.9. The van der Waals surface area contributed by atoms with E-state index in [9.17, 15) is 4.79 Å². The highest BCUT2D eigenvalue weighted by molar-refractivity contribution is 7.16. The summed E-state index contributed by atoms with van der Waals surface area (Å²) >= 11 is 1.36. The summed E-state index contributed by atoms with van der Waals surface area (Å²) in [5.41, 5.74) is 6.44. The van der Waals surface area contributed by atoms with Gasteiger partial charge in [0, 0.05) is 18.2 Å². The van der Waals surface area contributed by atoms with E-state index in [0.717, 1.165) is 16.3 Å². The monoisotopic (exact) mass is 291 g/mol. The molecule has 2 aromatic rings. The molecule has 1 aromatic heterocycles. The number of hydrogen-bond donors (Lipinski definition) is 2. The molecule has 1 heterocycles. The zero-order valence-electron chi connectivity index (χ0n) is 11.4. The van der Waals surface area contributed by atoms with E-state index in [4.69, 9.17) is 10.5 Å². The van der Waals surface area contributed by atoms with Crippen LogP contribution in [0.3, 0.4) is 0 Å². The van der Waals surface area contributed by atoms with Gasteiger partial charge in [-0.1, -0.05) is 0 Å². The zero-order valence-corrected chi connectivity index (χ0v) is 12.2. The molecule has 0 aliphatic carbocycles. The van der Waals surface area contributed by atoms with Crippen molar-refractivity contribution in [3.63, 3.8) is 0 Å². The van der Waals surface area contributed by atoms with Gasteiger partial charge in [-0.3, -0.25) is 4.79 Å². The Morgan fingerprint density at radius 1 is 1.45 bits per heavy atom. The number of aromatic nitrogens is 1. The summed E-state index contributed by atoms with van der Waals surface area (Å²) in [5, 5.41) is 3.62. The van der Waals surface area contributed by atoms with Gasteiger partial charge in [0.05, 0.1) is 13.3 Å². The van der Waals surface area contributed by atoms with Crippen LogP contribution in [0, 0.1) is 0 Å². The lowest BCUT2D eigenvalue weighted by molar-refractivity contribution is 0.0945. The summed E-state index contributed by atoms with van der Waals surface area (Å²) in [6.45, 7) is 2.28. The second-order valence-electron chi connectivity index (χ2n) is 4.37. The van der Waals surface area contributed by atoms with Crippen LogP contribution in [-0.4, -0.2) is 30.6 Å². The predicted octanol–water partition coefficient (Wildman–Crippen LogP) is 1.90. The number of nitrogens with two attached hydrogens (primary N) is 1. The van der Waals surface area contributed by atoms with Crippen LogP contribution in [0.15, 0.2) is 30.5 Å². The summed E-state index contributed by atoms with van der Waals surface area (Å²) < 4.78 is 5.11. The molecule has 0 saturated heterocycles. The number of carbonyl (C=O) groups excluding carboxylic acids is 1. The lowest BCUT2D eigenvalue weighted by Gasteiger charge is -2.09. The van der Waals surface area contributed by atoms with Crippen LogP contribution in [0.1, 0.15) is 16.6 Å². The summed E-state index contributed by atoms with van der Waals surface area (Å²) in [5.74, 6) is 0.653. The molecule has 0 unspecified atom stereocenters. The first-order valence-electron chi connectivity index (χ1n) is 6.25. The SMILES string of the molecule is COc1ccc(-c2ncc(C(=O)N[C@@H](C)CN)s2)cc1. The van der Waals surface area contributed by atoms with Crippen molar-refractivity contribution < 1.29 is 9.53 Å². The van der Waals surface area contributed by atoms with Crippen molar-refractivity contribution in [1.82, 2.24) is 10.3 Å². The maximum Gasteiger partial charge on any atom is 0.263 e. The quantitative estimate of drug-likeness (QED) is 0.882. The van der Waals surface area contributed by atoms with Gasteiger partial charge in [0.2, 0.25) is 0 Å². The van der Waals surface area contributed by atoms with Crippen molar-refractivity contribution in [1.29, 1.82) is 0 Å². The molecule has 0 fully saturated rings. The minimum Gasteiger partial charge on any atom is -0.497 e. The number of carbonyl (C=O) groups is 1. The van der Waals surface area contributed by atoms with E-state index in [-0.39, 0.29) is 11.9 Å². The fraction of sp³-hybridized carbons (Fsp3) is 0.286. The fourth-order valence-corrected chi connectivity index (χ4v) is 2.42. The van der Waals surface area contributed by atoms with Gasteiger partial charge >= 0.3 is 0 Å². The van der Waals surface area contributed by atoms with Gasteiger partial charge < -0.3 is 15.8 Å². The Bertz CT molecular complexity index is 580. The highest BCUT2D eigenvalue weighted by atomic mass is 32.1. The number of ether oxygens (including phenoxy) is 1. The molecule has 1 aromatic carbocycles. The third kappa shape index (κ3) is 3.34. The zero-order chi connectivity index (χ0) is 14.5. The van der Waals surface area contributed by atoms with Gasteiger partial charge in [-0.15, -0.1) is 11.3 Å². The highest BCUT2D eigenvalue weighted by Crippen LogP contribution is 2.26. The van der Waals surface area contributed by atoms with E-state index in [1.54, 1.807) is 13.3 Å². The molecule has 1 amide bonds. The number of nitrogens with zero attached hydrogens (tertiary/aromatic N) is 1. The number of hydrogen-bond acceptors (Lipinski definition) is 5. The minimum absolute atomic E-state index is 0.0472. The standard InChI is InChI=1S/C14H17N3O2S/c1-9(7-15)17-13(18)12-8-16-14(20-12)10-3-5-11(19-2)6-4-10/h3-6,8-9H,7,15H2,1-2H3,(H,17,18)/t9-/m0/s1. The number of rotatable bonds is 5. The Kier molecular flexibility index (Phi) is 4.70. The number of nitrogens with one attached hydrogen (secondary N) is 1. The second-order valence-corrected chi connectivity index (χ2v) is 5.40. The molecule has 0 aliphatic heterocycles. The summed E-state index contributed by atoms with van der Waals surface area (Å²) in [6.07, 6.45) is 1.59. The maximum atomic E-state index is 11.9. The molecule has 0 radical (unpaired) electrons. The van der Waals surface area contributed by atoms with Gasteiger partial charge in [0.15, 0.2) is 0 Å². The Morgan fingerprint density at radius 2 is 2.15 bits per heavy atom. The Morgan fingerprint density at radius 3 is 2.75 bits per heavy atom. The topological polar surface area (TPSA) is 77.2 Å². The van der Waals surface area contributed by atoms with Crippen LogP contribution in [0.25, 0.3) is 10.6 Å². The van der Waals surface area contributed by atoms with E-state index >= 15 is 0 Å². The average molecular weight is 291 g/mol. The van der Waals surface area contributed by atoms with E-state index < -0.39 is 0 Å². The Balaban J connectivity index is 2.13. The predicted molar refractivity (Wildman–Crippen MR) is 80.1 cm³/mol. The molecule has 106 valence electrons. The molecule has 3 N–H and O–H groups in total. The summed E-state index contributed by atoms with van der Waals surface area (Å²) in [6, 6.07) is 7.53. The van der Waals surface area contributed by atoms with E-state index in [0.29, 0.717) is 11.4 Å². The molecule has 0 saturated carbocycles. The molecule has 0 aliphatic rings. The third-order valence-corrected chi connectivity index (χ3v) is 3.84. The molecular weight excluding hydrogens is 274 g/mol. The molecular formula is C14H17N3O2S. The van der Waals surface area contributed by atoms with E-state index in [1.807, 2.05) is 31.2 Å². The van der Waals surface area contributed by atoms with Crippen LogP contribution in [-0.2, 0) is 0 Å². The molecule has 2 rings (SSSR count). The van der Waals surface area contributed by atoms with Crippen LogP contribution in [0.5, 0.6) is 5.75 Å². The van der Waals surface area contributed by atoms with Crippen molar-refractivity contribution in [3.8, 4) is 16.3 Å². The number of benzene rings is 1. The number of methoxy groups -OCH3 is 1. The smallest absolute Gasteiger partial charge is 0.263 e. The fourth-order valence-electron chi connectivity index (χ4n) is 1.60. The van der Waals surface area contributed by atoms with Crippen molar-refractivity contribution >= 4 is 17.2 Å². The lowest BCUT2D eigenvalue weighted by Crippen LogP contribution is -2.37. The highest BCUT2D eigenvalue weighted by Gasteiger charge is 2.13. The Hall–Kier alpha value is -1.92. The Labute approximate surface area is 121 Å². The second kappa shape index (κ2) is 6.49. The molecule has 0 spiro atoms. The molecule has 5 nitrogen and oxygen atoms in total. The minimum atomic E-state index is -0.139. The van der Waals surface area contributed by atoms with Crippen molar-refractivity contribution in [2.45, 2.75) is 13.0 Å². The van der Waals surface area contributed by atoms with Crippen molar-refractivity contribution in [2.75, 3.05) is 13.7 Å². The van der Waals surface area contributed by atoms with Gasteiger partial charge in [0.25, 0.3) is 5.91 Å². The van der Waals surface area contributed by atoms with Gasteiger partial charge in [0.1, 0.15) is 15.6 Å². The van der Waals surface area contributed by atoms with Crippen molar-refractivity contribution in [2.24, 2.45) is 5.73 Å². The van der Waals surface area contributed by atoms with Gasteiger partial charge in [-0.25, -0.2) is 4.98 Å². The molecule has 1 atom stereocenters. The molecule has 0 bridgehead atoms. The van der Waals surface area contributed by atoms with Crippen LogP contribution >= 0.6 is 11.3 Å². The van der Waals surface area contributed by atoms with Crippen molar-refractivity contribution in [3.05, 3.63) is 35.3 Å². The van der Waals surface area contributed by atoms with E-state index in [1.165, 1.54) is 11.3 Å². The van der Waals surface area contributed by atoms with E-state index in [2.05, 4.69) is 10.3 Å². The van der Waals surface area contributed by atoms with Gasteiger partial charge in [-0.2, -0.15) is 0 Å². The van der Waals surface area contributed by atoms with Gasteiger partial charge in [-0.05, 0) is 31.2 Å². The van der Waals surface area contributed by atoms with Crippen LogP contribution in [0.2, 0.25) is 0 Å². The number of thiazole rings is 1. The maximum absolute atomic E-state index is 11.9. The first-order chi connectivity index (χ1) is 9.63. The number of amides is 1.